The van der Waals surface area contributed by atoms with Crippen molar-refractivity contribution in [2.45, 2.75) is 13.0 Å². The third kappa shape index (κ3) is 6.03. The first kappa shape index (κ1) is 15.2. The average Bonchev–Trinajstić information content (AvgIpc) is 2.47. The molecule has 1 aromatic heterocycles. The zero-order chi connectivity index (χ0) is 13.9. The smallest absolute Gasteiger partial charge is 0.213 e. The van der Waals surface area contributed by atoms with E-state index in [4.69, 9.17) is 15.3 Å². The summed E-state index contributed by atoms with van der Waals surface area (Å²) in [7, 11) is 3.26. The van der Waals surface area contributed by atoms with E-state index in [1.807, 2.05) is 12.1 Å². The number of ether oxygens (including phenoxy) is 2. The number of pyridine rings is 1. The predicted octanol–water partition coefficient (Wildman–Crippen LogP) is 0.0356. The molecule has 0 aliphatic rings. The Bertz CT molecular complexity index is 397. The fraction of sp³-hybridized carbons (Fsp3) is 0.500. The molecule has 19 heavy (non-hydrogen) atoms. The van der Waals surface area contributed by atoms with Gasteiger partial charge in [-0.15, -0.1) is 0 Å². The lowest BCUT2D eigenvalue weighted by Gasteiger charge is -2.09. The Hall–Kier alpha value is -1.86. The maximum absolute atomic E-state index is 5.40. The van der Waals surface area contributed by atoms with Crippen molar-refractivity contribution in [2.24, 2.45) is 10.8 Å². The number of methoxy groups -OCH3 is 2. The molecule has 0 unspecified atom stereocenters. The summed E-state index contributed by atoms with van der Waals surface area (Å²) in [6.45, 7) is 1.94. The highest BCUT2D eigenvalue weighted by atomic mass is 16.5. The van der Waals surface area contributed by atoms with Crippen molar-refractivity contribution in [1.29, 1.82) is 0 Å². The zero-order valence-corrected chi connectivity index (χ0v) is 11.3. The van der Waals surface area contributed by atoms with Crippen LogP contribution in [-0.2, 0) is 11.3 Å². The summed E-state index contributed by atoms with van der Waals surface area (Å²) in [5, 5.41) is 3.09. The minimum absolute atomic E-state index is 0.496. The molecule has 0 aliphatic carbocycles. The van der Waals surface area contributed by atoms with Crippen LogP contribution in [0.2, 0.25) is 0 Å². The first-order valence-corrected chi connectivity index (χ1v) is 6.03. The molecule has 0 aliphatic heterocycles. The number of nitrogens with zero attached hydrogens (tertiary/aromatic N) is 2. The second kappa shape index (κ2) is 9.12. The Balaban J connectivity index is 2.46. The Morgan fingerprint density at radius 2 is 2.32 bits per heavy atom. The fourth-order valence-electron chi connectivity index (χ4n) is 1.41. The maximum Gasteiger partial charge on any atom is 0.213 e. The van der Waals surface area contributed by atoms with Gasteiger partial charge in [0.25, 0.3) is 0 Å². The number of rotatable bonds is 7. The van der Waals surface area contributed by atoms with Gasteiger partial charge in [0.05, 0.1) is 13.7 Å². The molecular formula is C12H21N5O2. The number of aliphatic imine (C=N–C) groups is 1. The lowest BCUT2D eigenvalue weighted by atomic mass is 10.3. The van der Waals surface area contributed by atoms with E-state index in [0.29, 0.717) is 25.0 Å². The summed E-state index contributed by atoms with van der Waals surface area (Å²) in [6, 6.07) is 3.72. The van der Waals surface area contributed by atoms with Crippen LogP contribution in [0.15, 0.2) is 23.3 Å². The van der Waals surface area contributed by atoms with Crippen molar-refractivity contribution in [2.75, 3.05) is 27.4 Å². The first-order valence-electron chi connectivity index (χ1n) is 6.03. The molecule has 0 saturated heterocycles. The van der Waals surface area contributed by atoms with E-state index in [2.05, 4.69) is 20.7 Å². The molecule has 1 aromatic rings. The quantitative estimate of drug-likeness (QED) is 0.212. The van der Waals surface area contributed by atoms with Crippen LogP contribution in [-0.4, -0.2) is 38.3 Å². The van der Waals surface area contributed by atoms with Crippen LogP contribution in [0.1, 0.15) is 12.0 Å². The van der Waals surface area contributed by atoms with Gasteiger partial charge in [0.15, 0.2) is 0 Å². The van der Waals surface area contributed by atoms with Gasteiger partial charge < -0.3 is 14.8 Å². The van der Waals surface area contributed by atoms with Gasteiger partial charge in [-0.05, 0) is 18.1 Å². The first-order chi connectivity index (χ1) is 9.30. The van der Waals surface area contributed by atoms with Crippen LogP contribution in [0.3, 0.4) is 0 Å². The number of nitrogens with two attached hydrogens (primary N) is 1. The minimum Gasteiger partial charge on any atom is -0.481 e. The van der Waals surface area contributed by atoms with E-state index in [9.17, 15) is 0 Å². The minimum atomic E-state index is 0.496. The second-order valence-corrected chi connectivity index (χ2v) is 3.79. The van der Waals surface area contributed by atoms with Crippen LogP contribution >= 0.6 is 0 Å². The van der Waals surface area contributed by atoms with E-state index < -0.39 is 0 Å². The largest absolute Gasteiger partial charge is 0.481 e. The van der Waals surface area contributed by atoms with Gasteiger partial charge in [-0.25, -0.2) is 15.8 Å². The molecular weight excluding hydrogens is 246 g/mol. The van der Waals surface area contributed by atoms with Gasteiger partial charge in [-0.3, -0.25) is 5.43 Å². The lowest BCUT2D eigenvalue weighted by Crippen LogP contribution is -2.42. The zero-order valence-electron chi connectivity index (χ0n) is 11.3. The molecule has 0 bridgehead atoms. The third-order valence-corrected chi connectivity index (χ3v) is 2.38. The van der Waals surface area contributed by atoms with E-state index in [1.54, 1.807) is 20.4 Å². The number of guanidine groups is 1. The van der Waals surface area contributed by atoms with Gasteiger partial charge in [0.1, 0.15) is 0 Å². The predicted molar refractivity (Wildman–Crippen MR) is 73.7 cm³/mol. The van der Waals surface area contributed by atoms with Gasteiger partial charge in [-0.2, -0.15) is 0 Å². The average molecular weight is 267 g/mol. The maximum atomic E-state index is 5.40. The number of hydrogen-bond donors (Lipinski definition) is 3. The van der Waals surface area contributed by atoms with Crippen molar-refractivity contribution in [3.63, 3.8) is 0 Å². The van der Waals surface area contributed by atoms with Crippen molar-refractivity contribution in [3.8, 4) is 5.88 Å². The third-order valence-electron chi connectivity index (χ3n) is 2.38. The topological polar surface area (TPSA) is 93.8 Å². The molecule has 4 N–H and O–H groups in total. The molecule has 0 aromatic carbocycles. The van der Waals surface area contributed by atoms with E-state index in [1.165, 1.54) is 0 Å². The molecule has 0 spiro atoms. The monoisotopic (exact) mass is 267 g/mol. The summed E-state index contributed by atoms with van der Waals surface area (Å²) in [4.78, 5) is 8.37. The summed E-state index contributed by atoms with van der Waals surface area (Å²) in [5.74, 6) is 6.52. The summed E-state index contributed by atoms with van der Waals surface area (Å²) in [6.07, 6.45) is 2.57. The van der Waals surface area contributed by atoms with E-state index in [0.717, 1.165) is 18.5 Å². The molecule has 0 saturated carbocycles. The van der Waals surface area contributed by atoms with Crippen LogP contribution in [0.25, 0.3) is 0 Å². The number of aromatic nitrogens is 1. The summed E-state index contributed by atoms with van der Waals surface area (Å²) < 4.78 is 10.0. The van der Waals surface area contributed by atoms with Crippen LogP contribution in [0.5, 0.6) is 5.88 Å². The van der Waals surface area contributed by atoms with Crippen molar-refractivity contribution >= 4 is 5.96 Å². The molecule has 1 heterocycles. The Labute approximate surface area is 113 Å². The highest BCUT2D eigenvalue weighted by Gasteiger charge is 1.98. The lowest BCUT2D eigenvalue weighted by molar-refractivity contribution is 0.195. The van der Waals surface area contributed by atoms with Gasteiger partial charge in [-0.1, -0.05) is 0 Å². The van der Waals surface area contributed by atoms with Gasteiger partial charge in [0, 0.05) is 32.5 Å². The molecule has 7 heteroatoms. The van der Waals surface area contributed by atoms with Crippen LogP contribution in [0, 0.1) is 0 Å². The molecule has 0 amide bonds. The molecule has 0 fully saturated rings. The molecule has 0 atom stereocenters. The SMILES string of the molecule is COCCCNC(=NCc1ccnc(OC)c1)NN. The second-order valence-electron chi connectivity index (χ2n) is 3.79. The number of hydrazine groups is 1. The van der Waals surface area contributed by atoms with Crippen LogP contribution < -0.4 is 21.3 Å². The normalized spacial score (nSPS) is 11.2. The number of hydrogen-bond acceptors (Lipinski definition) is 5. The highest BCUT2D eigenvalue weighted by molar-refractivity contribution is 5.79. The van der Waals surface area contributed by atoms with E-state index >= 15 is 0 Å². The van der Waals surface area contributed by atoms with Gasteiger partial charge in [0.2, 0.25) is 11.8 Å². The van der Waals surface area contributed by atoms with E-state index in [-0.39, 0.29) is 0 Å². The Morgan fingerprint density at radius 3 is 3.00 bits per heavy atom. The highest BCUT2D eigenvalue weighted by Crippen LogP contribution is 2.09. The van der Waals surface area contributed by atoms with Crippen molar-refractivity contribution in [1.82, 2.24) is 15.7 Å². The van der Waals surface area contributed by atoms with Gasteiger partial charge >= 0.3 is 0 Å². The summed E-state index contributed by atoms with van der Waals surface area (Å²) in [5.41, 5.74) is 3.53. The molecule has 1 rings (SSSR count). The molecule has 0 radical (unpaired) electrons. The Kier molecular flexibility index (Phi) is 7.30. The van der Waals surface area contributed by atoms with Crippen LogP contribution in [0.4, 0.5) is 0 Å². The van der Waals surface area contributed by atoms with Crippen molar-refractivity contribution < 1.29 is 9.47 Å². The standard InChI is InChI=1S/C12H21N5O2/c1-18-7-3-5-15-12(17-13)16-9-10-4-6-14-11(8-10)19-2/h4,6,8H,3,5,7,9,13H2,1-2H3,(H2,15,16,17). The summed E-state index contributed by atoms with van der Waals surface area (Å²) >= 11 is 0. The number of nitrogens with one attached hydrogen (secondary N) is 2. The fourth-order valence-corrected chi connectivity index (χ4v) is 1.41. The van der Waals surface area contributed by atoms with Crippen molar-refractivity contribution in [3.05, 3.63) is 23.9 Å². The molecule has 106 valence electrons. The molecule has 7 nitrogen and oxygen atoms in total. The Morgan fingerprint density at radius 1 is 1.47 bits per heavy atom.